The van der Waals surface area contributed by atoms with Gasteiger partial charge in [0.25, 0.3) is 0 Å². The zero-order valence-electron chi connectivity index (χ0n) is 15.1. The van der Waals surface area contributed by atoms with Crippen molar-refractivity contribution in [1.82, 2.24) is 15.5 Å². The lowest BCUT2D eigenvalue weighted by molar-refractivity contribution is 0.170. The van der Waals surface area contributed by atoms with E-state index < -0.39 is 0 Å². The maximum absolute atomic E-state index is 12.9. The maximum atomic E-state index is 12.9. The van der Waals surface area contributed by atoms with Gasteiger partial charge in [-0.3, -0.25) is 0 Å². The Morgan fingerprint density at radius 2 is 1.72 bits per heavy atom. The molecule has 1 aliphatic carbocycles. The number of nitrogens with one attached hydrogen (secondary N) is 2. The summed E-state index contributed by atoms with van der Waals surface area (Å²) in [7, 11) is 0. The number of amides is 2. The van der Waals surface area contributed by atoms with Crippen molar-refractivity contribution in [3.8, 4) is 0 Å². The van der Waals surface area contributed by atoms with Crippen molar-refractivity contribution < 1.29 is 4.79 Å². The van der Waals surface area contributed by atoms with E-state index >= 15 is 0 Å². The third-order valence-electron chi connectivity index (χ3n) is 5.37. The van der Waals surface area contributed by atoms with Gasteiger partial charge in [-0.05, 0) is 50.3 Å². The van der Waals surface area contributed by atoms with Crippen molar-refractivity contribution in [2.45, 2.75) is 57.5 Å². The highest BCUT2D eigenvalue weighted by Gasteiger charge is 2.23. The minimum atomic E-state index is 0. The van der Waals surface area contributed by atoms with E-state index in [9.17, 15) is 4.79 Å². The summed E-state index contributed by atoms with van der Waals surface area (Å²) in [4.78, 5) is 14.9. The maximum Gasteiger partial charge on any atom is 0.317 e. The molecule has 0 unspecified atom stereocenters. The van der Waals surface area contributed by atoms with Crippen molar-refractivity contribution in [2.75, 3.05) is 19.6 Å². The summed E-state index contributed by atoms with van der Waals surface area (Å²) in [5, 5.41) is 6.71. The van der Waals surface area contributed by atoms with E-state index in [1.54, 1.807) is 0 Å². The summed E-state index contributed by atoms with van der Waals surface area (Å²) in [6.45, 7) is 3.74. The van der Waals surface area contributed by atoms with Crippen LogP contribution in [0.1, 0.15) is 50.5 Å². The molecule has 1 aliphatic heterocycles. The van der Waals surface area contributed by atoms with Crippen LogP contribution in [0.25, 0.3) is 0 Å². The number of nitrogens with zero attached hydrogens (tertiary/aromatic N) is 1. The molecule has 1 aromatic rings. The molecule has 2 amide bonds. The predicted octanol–water partition coefficient (Wildman–Crippen LogP) is 3.95. The van der Waals surface area contributed by atoms with Crippen LogP contribution in [0.15, 0.2) is 30.3 Å². The van der Waals surface area contributed by atoms with E-state index in [1.165, 1.54) is 37.7 Å². The number of benzene rings is 1. The third kappa shape index (κ3) is 6.52. The van der Waals surface area contributed by atoms with E-state index in [2.05, 4.69) is 34.9 Å². The Labute approximate surface area is 158 Å². The van der Waals surface area contributed by atoms with E-state index in [4.69, 9.17) is 0 Å². The lowest BCUT2D eigenvalue weighted by atomic mass is 9.95. The molecule has 0 atom stereocenters. The second-order valence-electron chi connectivity index (χ2n) is 7.34. The molecular formula is C20H32ClN3O. The first-order valence-corrected chi connectivity index (χ1v) is 9.61. The normalized spacial score (nSPS) is 19.0. The zero-order valence-corrected chi connectivity index (χ0v) is 15.9. The first-order chi connectivity index (χ1) is 11.8. The van der Waals surface area contributed by atoms with Crippen LogP contribution in [0.5, 0.6) is 0 Å². The molecule has 2 aliphatic rings. The molecule has 2 N–H and O–H groups in total. The predicted molar refractivity (Wildman–Crippen MR) is 105 cm³/mol. The number of halogens is 1. The van der Waals surface area contributed by atoms with Gasteiger partial charge in [0, 0.05) is 19.1 Å². The number of hydrogen-bond donors (Lipinski definition) is 2. The number of hydrogen-bond acceptors (Lipinski definition) is 2. The summed E-state index contributed by atoms with van der Waals surface area (Å²) in [6.07, 6.45) is 8.42. The van der Waals surface area contributed by atoms with Gasteiger partial charge in [-0.2, -0.15) is 0 Å². The smallest absolute Gasteiger partial charge is 0.317 e. The van der Waals surface area contributed by atoms with Gasteiger partial charge in [0.05, 0.1) is 0 Å². The molecule has 25 heavy (non-hydrogen) atoms. The molecule has 0 spiro atoms. The van der Waals surface area contributed by atoms with Crippen LogP contribution >= 0.6 is 12.4 Å². The minimum absolute atomic E-state index is 0. The first kappa shape index (κ1) is 20.1. The minimum Gasteiger partial charge on any atom is -0.335 e. The molecule has 1 saturated heterocycles. The van der Waals surface area contributed by atoms with E-state index in [0.29, 0.717) is 18.5 Å². The molecular weight excluding hydrogens is 334 g/mol. The zero-order chi connectivity index (χ0) is 16.6. The third-order valence-corrected chi connectivity index (χ3v) is 5.37. The summed E-state index contributed by atoms with van der Waals surface area (Å²) < 4.78 is 0. The summed E-state index contributed by atoms with van der Waals surface area (Å²) in [5.41, 5.74) is 1.21. The van der Waals surface area contributed by atoms with Crippen molar-refractivity contribution in [3.05, 3.63) is 35.9 Å². The van der Waals surface area contributed by atoms with Gasteiger partial charge >= 0.3 is 6.03 Å². The fraction of sp³-hybridized carbons (Fsp3) is 0.650. The largest absolute Gasteiger partial charge is 0.335 e. The Kier molecular flexibility index (Phi) is 8.56. The molecule has 0 bridgehead atoms. The van der Waals surface area contributed by atoms with Crippen LogP contribution in [0.3, 0.4) is 0 Å². The van der Waals surface area contributed by atoms with Gasteiger partial charge in [-0.1, -0.05) is 49.6 Å². The molecule has 1 saturated carbocycles. The van der Waals surface area contributed by atoms with Gasteiger partial charge in [0.2, 0.25) is 0 Å². The highest BCUT2D eigenvalue weighted by Crippen LogP contribution is 2.19. The van der Waals surface area contributed by atoms with Crippen molar-refractivity contribution in [2.24, 2.45) is 5.92 Å². The van der Waals surface area contributed by atoms with Gasteiger partial charge in [-0.15, -0.1) is 12.4 Å². The monoisotopic (exact) mass is 365 g/mol. The van der Waals surface area contributed by atoms with Crippen LogP contribution in [-0.2, 0) is 6.54 Å². The fourth-order valence-corrected chi connectivity index (χ4v) is 3.91. The van der Waals surface area contributed by atoms with Crippen LogP contribution in [-0.4, -0.2) is 36.6 Å². The molecule has 1 heterocycles. The van der Waals surface area contributed by atoms with Crippen LogP contribution in [0, 0.1) is 5.92 Å². The van der Waals surface area contributed by atoms with E-state index in [0.717, 1.165) is 32.5 Å². The molecule has 0 radical (unpaired) electrons. The van der Waals surface area contributed by atoms with Gasteiger partial charge in [0.15, 0.2) is 0 Å². The van der Waals surface area contributed by atoms with Gasteiger partial charge in [-0.25, -0.2) is 4.79 Å². The van der Waals surface area contributed by atoms with Crippen LogP contribution in [0.2, 0.25) is 0 Å². The summed E-state index contributed by atoms with van der Waals surface area (Å²) in [5.74, 6) is 0.618. The second-order valence-corrected chi connectivity index (χ2v) is 7.34. The molecule has 0 aromatic heterocycles. The number of rotatable bonds is 5. The van der Waals surface area contributed by atoms with Crippen LogP contribution in [0.4, 0.5) is 4.79 Å². The summed E-state index contributed by atoms with van der Waals surface area (Å²) in [6, 6.07) is 10.9. The second kappa shape index (κ2) is 10.7. The van der Waals surface area contributed by atoms with Gasteiger partial charge < -0.3 is 15.5 Å². The van der Waals surface area contributed by atoms with Crippen molar-refractivity contribution in [1.29, 1.82) is 0 Å². The SMILES string of the molecule is Cl.O=C(NC1CCCCC1)N(Cc1ccccc1)CC1CCNCC1. The Morgan fingerprint density at radius 1 is 1.04 bits per heavy atom. The Hall–Kier alpha value is -1.26. The van der Waals surface area contributed by atoms with Crippen molar-refractivity contribution in [3.63, 3.8) is 0 Å². The lowest BCUT2D eigenvalue weighted by Gasteiger charge is -2.32. The average molecular weight is 366 g/mol. The molecule has 140 valence electrons. The quantitative estimate of drug-likeness (QED) is 0.829. The standard InChI is InChI=1S/C20H31N3O.ClH/c24-20(22-19-9-5-2-6-10-19)23(15-17-7-3-1-4-8-17)16-18-11-13-21-14-12-18;/h1,3-4,7-8,18-19,21H,2,5-6,9-16H2,(H,22,24);1H. The van der Waals surface area contributed by atoms with Crippen LogP contribution < -0.4 is 10.6 Å². The number of carbonyl (C=O) groups is 1. The highest BCUT2D eigenvalue weighted by molar-refractivity contribution is 5.85. The Morgan fingerprint density at radius 3 is 2.40 bits per heavy atom. The number of carbonyl (C=O) groups excluding carboxylic acids is 1. The molecule has 2 fully saturated rings. The number of piperidine rings is 1. The van der Waals surface area contributed by atoms with E-state index in [-0.39, 0.29) is 18.4 Å². The molecule has 4 nitrogen and oxygen atoms in total. The average Bonchev–Trinajstić information content (AvgIpc) is 2.64. The van der Waals surface area contributed by atoms with E-state index in [1.807, 2.05) is 11.0 Å². The van der Waals surface area contributed by atoms with Crippen molar-refractivity contribution >= 4 is 18.4 Å². The lowest BCUT2D eigenvalue weighted by Crippen LogP contribution is -2.47. The molecule has 3 rings (SSSR count). The van der Waals surface area contributed by atoms with Gasteiger partial charge in [0.1, 0.15) is 0 Å². The Balaban J connectivity index is 0.00000225. The summed E-state index contributed by atoms with van der Waals surface area (Å²) >= 11 is 0. The first-order valence-electron chi connectivity index (χ1n) is 9.61. The molecule has 1 aromatic carbocycles. The number of urea groups is 1. The topological polar surface area (TPSA) is 44.4 Å². The highest BCUT2D eigenvalue weighted by atomic mass is 35.5. The molecule has 5 heteroatoms. The Bertz CT molecular complexity index is 499. The fourth-order valence-electron chi connectivity index (χ4n) is 3.91.